The lowest BCUT2D eigenvalue weighted by molar-refractivity contribution is -0.128. The first kappa shape index (κ1) is 18.5. The van der Waals surface area contributed by atoms with Crippen LogP contribution in [0.5, 0.6) is 0 Å². The van der Waals surface area contributed by atoms with Crippen LogP contribution >= 0.6 is 0 Å². The van der Waals surface area contributed by atoms with Gasteiger partial charge in [-0.05, 0) is 43.4 Å². The Morgan fingerprint density at radius 2 is 1.72 bits per heavy atom. The minimum atomic E-state index is 0.00811. The number of fused-ring (bicyclic) bond motifs is 1. The van der Waals surface area contributed by atoms with E-state index in [4.69, 9.17) is 0 Å². The van der Waals surface area contributed by atoms with Gasteiger partial charge in [-0.3, -0.25) is 9.59 Å². The summed E-state index contributed by atoms with van der Waals surface area (Å²) in [5, 5.41) is 0. The first-order chi connectivity index (χ1) is 14.1. The van der Waals surface area contributed by atoms with Crippen molar-refractivity contribution in [1.29, 1.82) is 0 Å². The zero-order valence-corrected chi connectivity index (χ0v) is 17.1. The maximum atomic E-state index is 13.3. The van der Waals surface area contributed by atoms with Gasteiger partial charge in [0, 0.05) is 56.7 Å². The molecule has 1 saturated carbocycles. The Kier molecular flexibility index (Phi) is 4.49. The molecule has 2 atom stereocenters. The lowest BCUT2D eigenvalue weighted by Gasteiger charge is -2.29. The van der Waals surface area contributed by atoms with Crippen LogP contribution in [0.2, 0.25) is 0 Å². The molecule has 2 aliphatic heterocycles. The van der Waals surface area contributed by atoms with Gasteiger partial charge < -0.3 is 14.4 Å². The molecule has 0 radical (unpaired) electrons. The van der Waals surface area contributed by atoms with Crippen molar-refractivity contribution in [2.45, 2.75) is 38.6 Å². The molecule has 2 saturated heterocycles. The number of benzene rings is 1. The normalized spacial score (nSPS) is 26.0. The van der Waals surface area contributed by atoms with Crippen LogP contribution in [0, 0.1) is 11.3 Å². The summed E-state index contributed by atoms with van der Waals surface area (Å²) in [4.78, 5) is 29.5. The zero-order valence-electron chi connectivity index (χ0n) is 17.1. The Balaban J connectivity index is 1.36. The average Bonchev–Trinajstić information content (AvgIpc) is 3.19. The third kappa shape index (κ3) is 3.37. The quantitative estimate of drug-likeness (QED) is 0.784. The highest BCUT2D eigenvalue weighted by atomic mass is 16.2. The Labute approximate surface area is 172 Å². The number of hydrogen-bond donors (Lipinski definition) is 0. The van der Waals surface area contributed by atoms with Crippen LogP contribution in [0.15, 0.2) is 48.7 Å². The molecule has 1 aliphatic carbocycles. The molecule has 0 bridgehead atoms. The van der Waals surface area contributed by atoms with Crippen LogP contribution in [-0.4, -0.2) is 52.4 Å². The number of likely N-dealkylation sites (tertiary alicyclic amines) is 2. The van der Waals surface area contributed by atoms with Crippen LogP contribution in [-0.2, 0) is 11.2 Å². The first-order valence-corrected chi connectivity index (χ1v) is 10.8. The highest BCUT2D eigenvalue weighted by Gasteiger charge is 2.53. The second kappa shape index (κ2) is 7.05. The highest BCUT2D eigenvalue weighted by Crippen LogP contribution is 2.46. The van der Waals surface area contributed by atoms with E-state index < -0.39 is 0 Å². The molecule has 0 N–H and O–H groups in total. The number of nitrogens with zero attached hydrogens (tertiary/aromatic N) is 3. The Morgan fingerprint density at radius 3 is 2.45 bits per heavy atom. The number of hydrogen-bond acceptors (Lipinski definition) is 2. The van der Waals surface area contributed by atoms with Crippen molar-refractivity contribution in [2.75, 3.05) is 26.2 Å². The number of amides is 2. The van der Waals surface area contributed by atoms with E-state index in [1.54, 1.807) is 6.92 Å². The van der Waals surface area contributed by atoms with Crippen LogP contribution in [0.4, 0.5) is 0 Å². The Bertz CT molecular complexity index is 917. The van der Waals surface area contributed by atoms with Crippen molar-refractivity contribution in [3.8, 4) is 0 Å². The summed E-state index contributed by atoms with van der Waals surface area (Å²) in [6, 6.07) is 15.0. The standard InChI is InChI=1S/C24H29N3O2/c1-18(28)25-14-20-15-26(23(29)22-8-5-13-27(22)21-9-10-21)17-24(20,16-25)12-11-19-6-3-2-4-7-19/h2-8,13,20-21H,9-12,14-17H2,1H3. The molecule has 3 heterocycles. The van der Waals surface area contributed by atoms with Gasteiger partial charge in [-0.1, -0.05) is 30.3 Å². The van der Waals surface area contributed by atoms with E-state index in [2.05, 4.69) is 33.7 Å². The van der Waals surface area contributed by atoms with Crippen molar-refractivity contribution in [1.82, 2.24) is 14.4 Å². The molecule has 5 nitrogen and oxygen atoms in total. The van der Waals surface area contributed by atoms with E-state index in [0.29, 0.717) is 12.0 Å². The van der Waals surface area contributed by atoms with Gasteiger partial charge >= 0.3 is 0 Å². The zero-order chi connectivity index (χ0) is 20.0. The van der Waals surface area contributed by atoms with Crippen molar-refractivity contribution in [3.05, 3.63) is 59.9 Å². The van der Waals surface area contributed by atoms with E-state index in [9.17, 15) is 9.59 Å². The molecule has 0 spiro atoms. The molecule has 2 unspecified atom stereocenters. The number of carbonyl (C=O) groups excluding carboxylic acids is 2. The smallest absolute Gasteiger partial charge is 0.270 e. The largest absolute Gasteiger partial charge is 0.342 e. The molecule has 2 amide bonds. The third-order valence-electron chi connectivity index (χ3n) is 7.18. The molecule has 3 aliphatic rings. The van der Waals surface area contributed by atoms with Crippen LogP contribution < -0.4 is 0 Å². The van der Waals surface area contributed by atoms with E-state index >= 15 is 0 Å². The second-order valence-electron chi connectivity index (χ2n) is 9.16. The van der Waals surface area contributed by atoms with Gasteiger partial charge in [-0.25, -0.2) is 0 Å². The van der Waals surface area contributed by atoms with E-state index in [1.165, 1.54) is 18.4 Å². The Morgan fingerprint density at radius 1 is 1.00 bits per heavy atom. The molecule has 5 rings (SSSR count). The molecular formula is C24H29N3O2. The van der Waals surface area contributed by atoms with Gasteiger partial charge in [-0.15, -0.1) is 0 Å². The summed E-state index contributed by atoms with van der Waals surface area (Å²) in [6.07, 6.45) is 6.39. The maximum absolute atomic E-state index is 13.3. The predicted octanol–water partition coefficient (Wildman–Crippen LogP) is 3.38. The van der Waals surface area contributed by atoms with Crippen LogP contribution in [0.1, 0.15) is 48.3 Å². The van der Waals surface area contributed by atoms with E-state index in [0.717, 1.165) is 44.7 Å². The van der Waals surface area contributed by atoms with Gasteiger partial charge in [0.1, 0.15) is 5.69 Å². The van der Waals surface area contributed by atoms with E-state index in [1.807, 2.05) is 29.3 Å². The fourth-order valence-electron chi connectivity index (χ4n) is 5.38. The number of aromatic nitrogens is 1. The minimum Gasteiger partial charge on any atom is -0.342 e. The second-order valence-corrected chi connectivity index (χ2v) is 9.16. The summed E-state index contributed by atoms with van der Waals surface area (Å²) in [5.74, 6) is 0.673. The molecule has 5 heteroatoms. The molecule has 152 valence electrons. The molecule has 3 fully saturated rings. The van der Waals surface area contributed by atoms with Gasteiger partial charge in [0.15, 0.2) is 0 Å². The fourth-order valence-corrected chi connectivity index (χ4v) is 5.38. The third-order valence-corrected chi connectivity index (χ3v) is 7.18. The molecule has 1 aromatic carbocycles. The molecular weight excluding hydrogens is 362 g/mol. The topological polar surface area (TPSA) is 45.6 Å². The SMILES string of the molecule is CC(=O)N1CC2CN(C(=O)c3cccn3C3CC3)CC2(CCc2ccccc2)C1. The Hall–Kier alpha value is -2.56. The first-order valence-electron chi connectivity index (χ1n) is 10.8. The summed E-state index contributed by atoms with van der Waals surface area (Å²) >= 11 is 0. The van der Waals surface area contributed by atoms with Crippen molar-refractivity contribution < 1.29 is 9.59 Å². The van der Waals surface area contributed by atoms with Gasteiger partial charge in [0.05, 0.1) is 0 Å². The van der Waals surface area contributed by atoms with Gasteiger partial charge in [0.2, 0.25) is 5.91 Å². The summed E-state index contributed by atoms with van der Waals surface area (Å²) < 4.78 is 2.16. The van der Waals surface area contributed by atoms with Crippen LogP contribution in [0.3, 0.4) is 0 Å². The minimum absolute atomic E-state index is 0.00811. The fraction of sp³-hybridized carbons (Fsp3) is 0.500. The average molecular weight is 392 g/mol. The van der Waals surface area contributed by atoms with Crippen LogP contribution in [0.25, 0.3) is 0 Å². The van der Waals surface area contributed by atoms with Crippen molar-refractivity contribution in [3.63, 3.8) is 0 Å². The van der Waals surface area contributed by atoms with Crippen molar-refractivity contribution in [2.24, 2.45) is 11.3 Å². The van der Waals surface area contributed by atoms with E-state index in [-0.39, 0.29) is 17.2 Å². The molecule has 2 aromatic rings. The van der Waals surface area contributed by atoms with Gasteiger partial charge in [-0.2, -0.15) is 0 Å². The monoisotopic (exact) mass is 391 g/mol. The summed E-state index contributed by atoms with van der Waals surface area (Å²) in [5.41, 5.74) is 2.16. The summed E-state index contributed by atoms with van der Waals surface area (Å²) in [7, 11) is 0. The maximum Gasteiger partial charge on any atom is 0.270 e. The molecule has 1 aromatic heterocycles. The van der Waals surface area contributed by atoms with Crippen molar-refractivity contribution >= 4 is 11.8 Å². The lowest BCUT2D eigenvalue weighted by atomic mass is 9.76. The molecule has 29 heavy (non-hydrogen) atoms. The number of carbonyl (C=O) groups is 2. The number of aryl methyl sites for hydroxylation is 1. The number of rotatable bonds is 5. The predicted molar refractivity (Wildman–Crippen MR) is 112 cm³/mol. The summed E-state index contributed by atoms with van der Waals surface area (Å²) in [6.45, 7) is 4.72. The lowest BCUT2D eigenvalue weighted by Crippen LogP contribution is -2.38. The van der Waals surface area contributed by atoms with Gasteiger partial charge in [0.25, 0.3) is 5.91 Å². The highest BCUT2D eigenvalue weighted by molar-refractivity contribution is 5.93.